The third-order valence-corrected chi connectivity index (χ3v) is 3.66. The molecular formula is C12H18N2O3S. The number of hydrogen-bond donors (Lipinski definition) is 2. The van der Waals surface area contributed by atoms with Crippen LogP contribution in [0.1, 0.15) is 24.8 Å². The smallest absolute Gasteiger partial charge is 0.242 e. The third kappa shape index (κ3) is 3.29. The van der Waals surface area contributed by atoms with E-state index in [2.05, 4.69) is 5.32 Å². The van der Waals surface area contributed by atoms with Crippen LogP contribution in [0, 0.1) is 0 Å². The fourth-order valence-electron chi connectivity index (χ4n) is 1.79. The number of ether oxygens (including phenoxy) is 2. The van der Waals surface area contributed by atoms with Gasteiger partial charge in [-0.1, -0.05) is 6.07 Å². The molecule has 100 valence electrons. The Labute approximate surface area is 110 Å². The molecule has 0 radical (unpaired) electrons. The second kappa shape index (κ2) is 5.36. The predicted octanol–water partition coefficient (Wildman–Crippen LogP) is 1.02. The van der Waals surface area contributed by atoms with Crippen LogP contribution in [0.3, 0.4) is 0 Å². The van der Waals surface area contributed by atoms with E-state index in [0.717, 1.165) is 4.88 Å². The fourth-order valence-corrected chi connectivity index (χ4v) is 2.51. The van der Waals surface area contributed by atoms with E-state index in [1.54, 1.807) is 0 Å². The molecule has 2 heterocycles. The van der Waals surface area contributed by atoms with Gasteiger partial charge in [0.15, 0.2) is 5.79 Å². The molecule has 1 amide bonds. The zero-order valence-corrected chi connectivity index (χ0v) is 11.3. The number of amides is 1. The Morgan fingerprint density at radius 1 is 1.72 bits per heavy atom. The largest absolute Gasteiger partial charge is 0.352 e. The minimum Gasteiger partial charge on any atom is -0.352 e. The van der Waals surface area contributed by atoms with Gasteiger partial charge in [0.2, 0.25) is 5.91 Å². The Bertz CT molecular complexity index is 405. The van der Waals surface area contributed by atoms with Gasteiger partial charge in [0, 0.05) is 11.4 Å². The maximum absolute atomic E-state index is 11.8. The summed E-state index contributed by atoms with van der Waals surface area (Å²) in [6.07, 6.45) is -0.112. The summed E-state index contributed by atoms with van der Waals surface area (Å²) in [5.74, 6) is -0.753. The number of rotatable bonds is 4. The van der Waals surface area contributed by atoms with E-state index < -0.39 is 11.8 Å². The number of thiophene rings is 1. The molecular weight excluding hydrogens is 252 g/mol. The first-order valence-electron chi connectivity index (χ1n) is 5.86. The molecule has 1 aliphatic rings. The van der Waals surface area contributed by atoms with Crippen molar-refractivity contribution in [2.24, 2.45) is 5.73 Å². The quantitative estimate of drug-likeness (QED) is 0.856. The van der Waals surface area contributed by atoms with Gasteiger partial charge in [-0.15, -0.1) is 11.3 Å². The minimum atomic E-state index is -0.611. The average molecular weight is 270 g/mol. The first-order valence-corrected chi connectivity index (χ1v) is 6.74. The van der Waals surface area contributed by atoms with Crippen molar-refractivity contribution in [3.8, 4) is 0 Å². The van der Waals surface area contributed by atoms with E-state index in [4.69, 9.17) is 15.2 Å². The summed E-state index contributed by atoms with van der Waals surface area (Å²) < 4.78 is 11.0. The lowest BCUT2D eigenvalue weighted by molar-refractivity contribution is -0.139. The average Bonchev–Trinajstić information content (AvgIpc) is 2.94. The predicted molar refractivity (Wildman–Crippen MR) is 69.2 cm³/mol. The van der Waals surface area contributed by atoms with Crippen molar-refractivity contribution in [3.05, 3.63) is 22.4 Å². The zero-order valence-electron chi connectivity index (χ0n) is 10.5. The van der Waals surface area contributed by atoms with Crippen LogP contribution in [0.25, 0.3) is 0 Å². The zero-order chi connectivity index (χ0) is 13.2. The monoisotopic (exact) mass is 270 g/mol. The normalized spacial score (nSPS) is 23.8. The Morgan fingerprint density at radius 2 is 2.50 bits per heavy atom. The van der Waals surface area contributed by atoms with Gasteiger partial charge < -0.3 is 20.5 Å². The molecule has 1 aromatic rings. The Balaban J connectivity index is 1.79. The van der Waals surface area contributed by atoms with E-state index in [1.807, 2.05) is 31.4 Å². The topological polar surface area (TPSA) is 73.6 Å². The van der Waals surface area contributed by atoms with Gasteiger partial charge in [-0.2, -0.15) is 0 Å². The van der Waals surface area contributed by atoms with Gasteiger partial charge in [-0.25, -0.2) is 0 Å². The molecule has 3 N–H and O–H groups in total. The van der Waals surface area contributed by atoms with Gasteiger partial charge in [-0.05, 0) is 25.3 Å². The molecule has 1 saturated heterocycles. The molecule has 5 nitrogen and oxygen atoms in total. The fraction of sp³-hybridized carbons (Fsp3) is 0.583. The first kappa shape index (κ1) is 13.5. The molecule has 1 aliphatic heterocycles. The Hall–Kier alpha value is -0.950. The molecule has 1 aromatic heterocycles. The molecule has 0 aliphatic carbocycles. The van der Waals surface area contributed by atoms with Crippen molar-refractivity contribution in [1.29, 1.82) is 0 Å². The summed E-state index contributed by atoms with van der Waals surface area (Å²) >= 11 is 1.48. The SMILES string of the molecule is CC1(C)OCC(CNC(=O)C(N)c2cccs2)O1. The first-order chi connectivity index (χ1) is 8.48. The Morgan fingerprint density at radius 3 is 3.06 bits per heavy atom. The number of nitrogens with one attached hydrogen (secondary N) is 1. The van der Waals surface area contributed by atoms with Crippen LogP contribution in [-0.2, 0) is 14.3 Å². The highest BCUT2D eigenvalue weighted by Gasteiger charge is 2.32. The maximum atomic E-state index is 11.8. The standard InChI is InChI=1S/C12H18N2O3S/c1-12(2)16-7-8(17-12)6-14-11(15)10(13)9-4-3-5-18-9/h3-5,8,10H,6-7,13H2,1-2H3,(H,14,15). The summed E-state index contributed by atoms with van der Waals surface area (Å²) in [7, 11) is 0. The second-order valence-electron chi connectivity index (χ2n) is 4.69. The summed E-state index contributed by atoms with van der Waals surface area (Å²) in [5.41, 5.74) is 5.85. The van der Waals surface area contributed by atoms with Crippen molar-refractivity contribution < 1.29 is 14.3 Å². The number of nitrogens with two attached hydrogens (primary N) is 1. The van der Waals surface area contributed by atoms with E-state index in [0.29, 0.717) is 13.2 Å². The number of hydrogen-bond acceptors (Lipinski definition) is 5. The van der Waals surface area contributed by atoms with Gasteiger partial charge in [0.25, 0.3) is 0 Å². The molecule has 6 heteroatoms. The van der Waals surface area contributed by atoms with Crippen molar-refractivity contribution in [1.82, 2.24) is 5.32 Å². The van der Waals surface area contributed by atoms with Crippen LogP contribution in [0.4, 0.5) is 0 Å². The summed E-state index contributed by atoms with van der Waals surface area (Å²) in [5, 5.41) is 4.69. The molecule has 1 fully saturated rings. The van der Waals surface area contributed by atoms with Gasteiger partial charge in [0.05, 0.1) is 6.61 Å². The highest BCUT2D eigenvalue weighted by molar-refractivity contribution is 7.10. The number of carbonyl (C=O) groups excluding carboxylic acids is 1. The molecule has 0 bridgehead atoms. The van der Waals surface area contributed by atoms with Crippen LogP contribution < -0.4 is 11.1 Å². The van der Waals surface area contributed by atoms with Crippen molar-refractivity contribution >= 4 is 17.2 Å². The third-order valence-electron chi connectivity index (χ3n) is 2.70. The molecule has 2 unspecified atom stereocenters. The van der Waals surface area contributed by atoms with E-state index in [9.17, 15) is 4.79 Å². The molecule has 0 aromatic carbocycles. The van der Waals surface area contributed by atoms with Gasteiger partial charge in [0.1, 0.15) is 12.1 Å². The van der Waals surface area contributed by atoms with Gasteiger partial charge >= 0.3 is 0 Å². The van der Waals surface area contributed by atoms with E-state index in [1.165, 1.54) is 11.3 Å². The summed E-state index contributed by atoms with van der Waals surface area (Å²) in [6, 6.07) is 3.12. The molecule has 18 heavy (non-hydrogen) atoms. The van der Waals surface area contributed by atoms with Crippen LogP contribution in [0.2, 0.25) is 0 Å². The van der Waals surface area contributed by atoms with Crippen LogP contribution in [-0.4, -0.2) is 30.9 Å². The van der Waals surface area contributed by atoms with Crippen LogP contribution in [0.15, 0.2) is 17.5 Å². The lowest BCUT2D eigenvalue weighted by Crippen LogP contribution is -2.39. The molecule has 0 saturated carbocycles. The highest BCUT2D eigenvalue weighted by atomic mass is 32.1. The van der Waals surface area contributed by atoms with Crippen LogP contribution >= 0.6 is 11.3 Å². The second-order valence-corrected chi connectivity index (χ2v) is 5.67. The summed E-state index contributed by atoms with van der Waals surface area (Å²) in [6.45, 7) is 4.61. The lowest BCUT2D eigenvalue weighted by Gasteiger charge is -2.18. The van der Waals surface area contributed by atoms with E-state index in [-0.39, 0.29) is 12.0 Å². The van der Waals surface area contributed by atoms with Crippen molar-refractivity contribution in [3.63, 3.8) is 0 Å². The minimum absolute atomic E-state index is 0.112. The highest BCUT2D eigenvalue weighted by Crippen LogP contribution is 2.22. The molecule has 2 atom stereocenters. The molecule has 0 spiro atoms. The Kier molecular flexibility index (Phi) is 4.01. The number of carbonyl (C=O) groups is 1. The maximum Gasteiger partial charge on any atom is 0.242 e. The van der Waals surface area contributed by atoms with Crippen molar-refractivity contribution in [2.75, 3.05) is 13.2 Å². The van der Waals surface area contributed by atoms with E-state index >= 15 is 0 Å². The summed E-state index contributed by atoms with van der Waals surface area (Å²) in [4.78, 5) is 12.7. The van der Waals surface area contributed by atoms with Crippen LogP contribution in [0.5, 0.6) is 0 Å². The lowest BCUT2D eigenvalue weighted by atomic mass is 10.2. The molecule has 2 rings (SSSR count). The van der Waals surface area contributed by atoms with Gasteiger partial charge in [-0.3, -0.25) is 4.79 Å². The van der Waals surface area contributed by atoms with Crippen molar-refractivity contribution in [2.45, 2.75) is 31.8 Å².